The maximum absolute atomic E-state index is 10.4. The van der Waals surface area contributed by atoms with Gasteiger partial charge >= 0.3 is 0 Å². The van der Waals surface area contributed by atoms with Crippen LogP contribution in [-0.4, -0.2) is 44.8 Å². The van der Waals surface area contributed by atoms with Crippen LogP contribution in [0.2, 0.25) is 0 Å². The summed E-state index contributed by atoms with van der Waals surface area (Å²) in [7, 11) is 0. The van der Waals surface area contributed by atoms with E-state index in [0.717, 1.165) is 91.8 Å². The minimum atomic E-state index is -0.0868. The molecule has 0 spiro atoms. The smallest absolute Gasteiger partial charge is 0.0596 e. The standard InChI is InChI=1S/C18H30O2.C18H28O2/c2*1-18-9-8-14-13-5-3-12(19)10-11(13)2-4-15(14)16(18)6-7-17(18)20/h11-17,19-20H,2-10H2,1H3;2,12-17,19-20H,3-10H2,1H3/t11-,12-,13-,14?,15?,16?,17-,18-;12-,13-,14?,15?,16?,17-,18-/m00/s1. The molecule has 7 saturated carbocycles. The van der Waals surface area contributed by atoms with Crippen LogP contribution in [0.15, 0.2) is 11.6 Å². The van der Waals surface area contributed by atoms with E-state index < -0.39 is 0 Å². The molecule has 15 atom stereocenters. The van der Waals surface area contributed by atoms with Crippen molar-refractivity contribution in [1.82, 2.24) is 0 Å². The van der Waals surface area contributed by atoms with E-state index in [1.165, 1.54) is 70.6 Å². The number of allylic oxidation sites excluding steroid dienone is 1. The van der Waals surface area contributed by atoms with Crippen LogP contribution in [0.5, 0.6) is 0 Å². The topological polar surface area (TPSA) is 80.9 Å². The van der Waals surface area contributed by atoms with E-state index >= 15 is 0 Å². The zero-order chi connectivity index (χ0) is 27.8. The zero-order valence-electron chi connectivity index (χ0n) is 25.4. The number of fused-ring (bicyclic) bond motifs is 10. The van der Waals surface area contributed by atoms with Crippen molar-refractivity contribution < 1.29 is 20.4 Å². The van der Waals surface area contributed by atoms with Crippen molar-refractivity contribution in [1.29, 1.82) is 0 Å². The van der Waals surface area contributed by atoms with Gasteiger partial charge < -0.3 is 20.4 Å². The molecule has 4 heteroatoms. The lowest BCUT2D eigenvalue weighted by Gasteiger charge is -2.55. The molecule has 6 unspecified atom stereocenters. The van der Waals surface area contributed by atoms with E-state index in [-0.39, 0.29) is 35.2 Å². The Labute approximate surface area is 243 Å². The third-order valence-electron chi connectivity index (χ3n) is 15.2. The number of hydrogen-bond acceptors (Lipinski definition) is 4. The quantitative estimate of drug-likeness (QED) is 0.253. The van der Waals surface area contributed by atoms with Gasteiger partial charge in [0.1, 0.15) is 0 Å². The van der Waals surface area contributed by atoms with E-state index in [1.807, 2.05) is 0 Å². The lowest BCUT2D eigenvalue weighted by molar-refractivity contribution is -0.0913. The molecule has 4 N–H and O–H groups in total. The summed E-state index contributed by atoms with van der Waals surface area (Å²) in [6.07, 6.45) is 22.3. The van der Waals surface area contributed by atoms with Gasteiger partial charge in [0, 0.05) is 0 Å². The largest absolute Gasteiger partial charge is 0.393 e. The Morgan fingerprint density at radius 1 is 0.575 bits per heavy atom. The average molecular weight is 555 g/mol. The molecule has 0 amide bonds. The fraction of sp³-hybridized carbons (Fsp3) is 0.944. The van der Waals surface area contributed by atoms with Gasteiger partial charge in [-0.05, 0) is 173 Å². The zero-order valence-corrected chi connectivity index (χ0v) is 25.4. The fourth-order valence-electron chi connectivity index (χ4n) is 13.0. The molecule has 40 heavy (non-hydrogen) atoms. The van der Waals surface area contributed by atoms with Crippen molar-refractivity contribution in [2.45, 2.75) is 147 Å². The van der Waals surface area contributed by atoms with Crippen molar-refractivity contribution in [3.05, 3.63) is 11.6 Å². The maximum atomic E-state index is 10.4. The van der Waals surface area contributed by atoms with Gasteiger partial charge in [-0.25, -0.2) is 0 Å². The first-order valence-electron chi connectivity index (χ1n) is 17.6. The van der Waals surface area contributed by atoms with Gasteiger partial charge in [0.2, 0.25) is 0 Å². The molecule has 226 valence electrons. The minimum absolute atomic E-state index is 0.0186. The highest BCUT2D eigenvalue weighted by molar-refractivity contribution is 5.20. The molecule has 0 aromatic carbocycles. The van der Waals surface area contributed by atoms with Crippen molar-refractivity contribution in [2.75, 3.05) is 0 Å². The van der Waals surface area contributed by atoms with E-state index in [0.29, 0.717) is 0 Å². The van der Waals surface area contributed by atoms with Crippen LogP contribution in [0.25, 0.3) is 0 Å². The van der Waals surface area contributed by atoms with Gasteiger partial charge in [0.25, 0.3) is 0 Å². The number of aliphatic hydroxyl groups excluding tert-OH is 4. The summed E-state index contributed by atoms with van der Waals surface area (Å²) in [5.74, 6) is 7.38. The van der Waals surface area contributed by atoms with Crippen molar-refractivity contribution in [2.24, 2.45) is 64.1 Å². The summed E-state index contributed by atoms with van der Waals surface area (Å²) in [5, 5.41) is 40.6. The van der Waals surface area contributed by atoms with Crippen molar-refractivity contribution >= 4 is 0 Å². The predicted molar refractivity (Wildman–Crippen MR) is 158 cm³/mol. The van der Waals surface area contributed by atoms with Crippen LogP contribution >= 0.6 is 0 Å². The summed E-state index contributed by atoms with van der Waals surface area (Å²) < 4.78 is 0. The first-order chi connectivity index (χ1) is 19.2. The monoisotopic (exact) mass is 554 g/mol. The minimum Gasteiger partial charge on any atom is -0.393 e. The van der Waals surface area contributed by atoms with E-state index in [2.05, 4.69) is 19.9 Å². The molecular weight excluding hydrogens is 496 g/mol. The molecule has 0 saturated heterocycles. The SMILES string of the molecule is C[C@]12CCC3C(CC=C4C[C@@H](O)CC[C@@H]43)C1CC[C@@H]2O.C[C@]12CCC3C(CC[C@H]4C[C@@H](O)CC[C@H]34)C1CC[C@@H]2O. The van der Waals surface area contributed by atoms with Gasteiger partial charge in [-0.15, -0.1) is 0 Å². The number of aliphatic hydroxyl groups is 4. The Morgan fingerprint density at radius 2 is 1.20 bits per heavy atom. The summed E-state index contributed by atoms with van der Waals surface area (Å²) in [4.78, 5) is 0. The Morgan fingerprint density at radius 3 is 1.93 bits per heavy atom. The Balaban J connectivity index is 0.000000132. The normalized spacial score (nSPS) is 56.6. The molecule has 0 radical (unpaired) electrons. The Bertz CT molecular complexity index is 962. The third-order valence-corrected chi connectivity index (χ3v) is 15.2. The van der Waals surface area contributed by atoms with Gasteiger partial charge in [-0.1, -0.05) is 25.5 Å². The van der Waals surface area contributed by atoms with Gasteiger partial charge in [0.15, 0.2) is 0 Å². The van der Waals surface area contributed by atoms with Gasteiger partial charge in [-0.3, -0.25) is 0 Å². The van der Waals surface area contributed by atoms with Crippen molar-refractivity contribution in [3.8, 4) is 0 Å². The maximum Gasteiger partial charge on any atom is 0.0596 e. The van der Waals surface area contributed by atoms with Crippen molar-refractivity contribution in [3.63, 3.8) is 0 Å². The summed E-state index contributed by atoms with van der Waals surface area (Å²) >= 11 is 0. The second-order valence-electron chi connectivity index (χ2n) is 16.7. The van der Waals surface area contributed by atoms with E-state index in [1.54, 1.807) is 5.57 Å². The van der Waals surface area contributed by atoms with Crippen LogP contribution in [0.3, 0.4) is 0 Å². The molecule has 0 bridgehead atoms. The molecule has 4 nitrogen and oxygen atoms in total. The first kappa shape index (κ1) is 28.4. The molecule has 8 aliphatic rings. The highest BCUT2D eigenvalue weighted by atomic mass is 16.3. The van der Waals surface area contributed by atoms with Crippen LogP contribution in [-0.2, 0) is 0 Å². The average Bonchev–Trinajstić information content (AvgIpc) is 3.43. The van der Waals surface area contributed by atoms with Gasteiger partial charge in [0.05, 0.1) is 24.4 Å². The van der Waals surface area contributed by atoms with E-state index in [4.69, 9.17) is 0 Å². The highest BCUT2D eigenvalue weighted by Crippen LogP contribution is 2.63. The second kappa shape index (κ2) is 10.6. The molecule has 8 aliphatic carbocycles. The summed E-state index contributed by atoms with van der Waals surface area (Å²) in [6, 6.07) is 0. The molecule has 8 rings (SSSR count). The molecule has 7 fully saturated rings. The number of rotatable bonds is 0. The molecular formula is C36H58O4. The predicted octanol–water partition coefficient (Wildman–Crippen LogP) is 6.64. The van der Waals surface area contributed by atoms with Crippen LogP contribution in [0, 0.1) is 64.1 Å². The molecule has 0 aliphatic heterocycles. The number of hydrogen-bond donors (Lipinski definition) is 4. The lowest BCUT2D eigenvalue weighted by Crippen LogP contribution is -2.49. The Hall–Kier alpha value is -0.420. The molecule has 0 heterocycles. The Kier molecular flexibility index (Phi) is 7.54. The van der Waals surface area contributed by atoms with Crippen LogP contribution in [0.4, 0.5) is 0 Å². The van der Waals surface area contributed by atoms with Crippen LogP contribution in [0.1, 0.15) is 123 Å². The summed E-state index contributed by atoms with van der Waals surface area (Å²) in [6.45, 7) is 4.71. The first-order valence-corrected chi connectivity index (χ1v) is 17.6. The molecule has 0 aromatic rings. The fourth-order valence-corrected chi connectivity index (χ4v) is 13.0. The second-order valence-corrected chi connectivity index (χ2v) is 16.7. The van der Waals surface area contributed by atoms with E-state index in [9.17, 15) is 20.4 Å². The van der Waals surface area contributed by atoms with Crippen LogP contribution < -0.4 is 0 Å². The molecule has 0 aromatic heterocycles. The lowest BCUT2D eigenvalue weighted by atomic mass is 9.50. The summed E-state index contributed by atoms with van der Waals surface area (Å²) in [5.41, 5.74) is 1.98. The third kappa shape index (κ3) is 4.51. The van der Waals surface area contributed by atoms with Gasteiger partial charge in [-0.2, -0.15) is 0 Å². The highest BCUT2D eigenvalue weighted by Gasteiger charge is 2.57.